The summed E-state index contributed by atoms with van der Waals surface area (Å²) in [6.45, 7) is 6.00. The highest BCUT2D eigenvalue weighted by molar-refractivity contribution is 7.56. The third-order valence-electron chi connectivity index (χ3n) is 3.56. The van der Waals surface area contributed by atoms with Gasteiger partial charge in [0.25, 0.3) is 0 Å². The number of aliphatic hydroxyl groups excluding tert-OH is 1. The van der Waals surface area contributed by atoms with Crippen LogP contribution in [0.4, 0.5) is 4.39 Å². The SMILES string of the molecule is CC(C)C1[C@@H](OCCCO)[C@H](C)O[C@@H]1/C=C(/F)P(=O)(O)O. The molecule has 124 valence electrons. The van der Waals surface area contributed by atoms with Gasteiger partial charge in [-0.3, -0.25) is 4.57 Å². The smallest absolute Gasteiger partial charge is 0.384 e. The zero-order valence-corrected chi connectivity index (χ0v) is 13.4. The summed E-state index contributed by atoms with van der Waals surface area (Å²) < 4.78 is 35.7. The monoisotopic (exact) mass is 326 g/mol. The normalized spacial score (nSPS) is 31.1. The molecule has 1 aliphatic rings. The van der Waals surface area contributed by atoms with Gasteiger partial charge in [-0.05, 0) is 25.3 Å². The Bertz CT molecular complexity index is 407. The van der Waals surface area contributed by atoms with Crippen molar-refractivity contribution in [1.29, 1.82) is 0 Å². The second-order valence-corrected chi connectivity index (χ2v) is 7.09. The van der Waals surface area contributed by atoms with Crippen molar-refractivity contribution < 1.29 is 33.3 Å². The molecule has 0 amide bonds. The van der Waals surface area contributed by atoms with Crippen LogP contribution in [0.15, 0.2) is 11.6 Å². The van der Waals surface area contributed by atoms with E-state index >= 15 is 0 Å². The van der Waals surface area contributed by atoms with E-state index in [4.69, 9.17) is 24.4 Å². The number of hydrogen-bond donors (Lipinski definition) is 3. The highest BCUT2D eigenvalue weighted by Gasteiger charge is 2.44. The Balaban J connectivity index is 2.88. The zero-order chi connectivity index (χ0) is 16.2. The van der Waals surface area contributed by atoms with Crippen LogP contribution in [0.25, 0.3) is 0 Å². The summed E-state index contributed by atoms with van der Waals surface area (Å²) in [6.07, 6.45) is -0.0148. The van der Waals surface area contributed by atoms with E-state index in [2.05, 4.69) is 0 Å². The van der Waals surface area contributed by atoms with Crippen molar-refractivity contribution in [2.75, 3.05) is 13.2 Å². The van der Waals surface area contributed by atoms with Crippen LogP contribution in [0.5, 0.6) is 0 Å². The molecule has 1 heterocycles. The lowest BCUT2D eigenvalue weighted by atomic mass is 9.86. The van der Waals surface area contributed by atoms with E-state index in [1.54, 1.807) is 6.92 Å². The molecule has 1 unspecified atom stereocenters. The van der Waals surface area contributed by atoms with Crippen LogP contribution < -0.4 is 0 Å². The molecule has 3 N–H and O–H groups in total. The first-order valence-corrected chi connectivity index (χ1v) is 8.61. The predicted octanol–water partition coefficient (Wildman–Crippen LogP) is 1.80. The molecule has 0 aliphatic carbocycles. The molecule has 21 heavy (non-hydrogen) atoms. The number of rotatable bonds is 7. The molecule has 0 aromatic heterocycles. The van der Waals surface area contributed by atoms with Gasteiger partial charge in [0.2, 0.25) is 5.57 Å². The maximum atomic E-state index is 13.5. The molecule has 0 saturated carbocycles. The van der Waals surface area contributed by atoms with Gasteiger partial charge in [-0.15, -0.1) is 0 Å². The Hall–Kier alpha value is -0.300. The van der Waals surface area contributed by atoms with Gasteiger partial charge >= 0.3 is 7.60 Å². The van der Waals surface area contributed by atoms with E-state index in [0.29, 0.717) is 13.0 Å². The van der Waals surface area contributed by atoms with Crippen molar-refractivity contribution in [1.82, 2.24) is 0 Å². The first kappa shape index (κ1) is 18.7. The number of halogens is 1. The molecule has 0 bridgehead atoms. The highest BCUT2D eigenvalue weighted by atomic mass is 31.2. The average Bonchev–Trinajstić information content (AvgIpc) is 2.65. The Morgan fingerprint density at radius 1 is 1.48 bits per heavy atom. The molecule has 6 nitrogen and oxygen atoms in total. The topological polar surface area (TPSA) is 96.2 Å². The van der Waals surface area contributed by atoms with Crippen LogP contribution in [0.3, 0.4) is 0 Å². The summed E-state index contributed by atoms with van der Waals surface area (Å²) in [5.41, 5.74) is -1.47. The van der Waals surface area contributed by atoms with Crippen molar-refractivity contribution in [2.24, 2.45) is 11.8 Å². The molecule has 1 saturated heterocycles. The lowest BCUT2D eigenvalue weighted by molar-refractivity contribution is -0.0211. The second-order valence-electron chi connectivity index (χ2n) is 5.57. The zero-order valence-electron chi connectivity index (χ0n) is 12.5. The standard InChI is InChI=1S/C13H24FO6P/c1-8(2)12-10(7-11(14)21(16,17)18)20-9(3)13(12)19-6-4-5-15/h7-10,12-13,15H,4-6H2,1-3H3,(H2,16,17,18)/b11-7-/t9-,10+,12?,13-/m0/s1. The Morgan fingerprint density at radius 2 is 2.10 bits per heavy atom. The van der Waals surface area contributed by atoms with E-state index in [9.17, 15) is 8.96 Å². The maximum absolute atomic E-state index is 13.5. The fourth-order valence-corrected chi connectivity index (χ4v) is 2.93. The summed E-state index contributed by atoms with van der Waals surface area (Å²) >= 11 is 0. The largest absolute Gasteiger partial charge is 0.396 e. The van der Waals surface area contributed by atoms with E-state index in [1.165, 1.54) is 0 Å². The summed E-state index contributed by atoms with van der Waals surface area (Å²) in [5.74, 6) is -0.129. The van der Waals surface area contributed by atoms with Crippen molar-refractivity contribution in [3.8, 4) is 0 Å². The minimum Gasteiger partial charge on any atom is -0.396 e. The average molecular weight is 326 g/mol. The molecule has 0 radical (unpaired) electrons. The predicted molar refractivity (Wildman–Crippen MR) is 75.3 cm³/mol. The van der Waals surface area contributed by atoms with Crippen LogP contribution >= 0.6 is 7.60 Å². The molecule has 1 rings (SSSR count). The first-order chi connectivity index (χ1) is 9.68. The minimum atomic E-state index is -4.89. The first-order valence-electron chi connectivity index (χ1n) is 6.99. The van der Waals surface area contributed by atoms with Crippen LogP contribution in [-0.2, 0) is 14.0 Å². The third-order valence-corrected chi connectivity index (χ3v) is 4.26. The molecule has 1 fully saturated rings. The molecular formula is C13H24FO6P. The van der Waals surface area contributed by atoms with Gasteiger partial charge in [-0.1, -0.05) is 13.8 Å². The van der Waals surface area contributed by atoms with Crippen molar-refractivity contribution in [2.45, 2.75) is 45.5 Å². The fraction of sp³-hybridized carbons (Fsp3) is 0.846. The van der Waals surface area contributed by atoms with E-state index in [0.717, 1.165) is 6.08 Å². The van der Waals surface area contributed by atoms with Gasteiger partial charge in [0.1, 0.15) is 0 Å². The second kappa shape index (κ2) is 7.81. The van der Waals surface area contributed by atoms with Crippen LogP contribution in [0.1, 0.15) is 27.2 Å². The number of ether oxygens (including phenoxy) is 2. The van der Waals surface area contributed by atoms with Gasteiger partial charge in [0, 0.05) is 19.1 Å². The van der Waals surface area contributed by atoms with Gasteiger partial charge in [0.05, 0.1) is 18.3 Å². The molecule has 0 aromatic carbocycles. The van der Waals surface area contributed by atoms with E-state index < -0.39 is 19.3 Å². The molecule has 0 spiro atoms. The van der Waals surface area contributed by atoms with Crippen LogP contribution in [0, 0.1) is 11.8 Å². The Morgan fingerprint density at radius 3 is 2.57 bits per heavy atom. The van der Waals surface area contributed by atoms with Gasteiger partial charge in [0.15, 0.2) is 0 Å². The highest BCUT2D eigenvalue weighted by Crippen LogP contribution is 2.47. The van der Waals surface area contributed by atoms with Gasteiger partial charge < -0.3 is 24.4 Å². The number of aliphatic hydroxyl groups is 1. The Kier molecular flexibility index (Phi) is 6.97. The quantitative estimate of drug-likeness (QED) is 0.488. The summed E-state index contributed by atoms with van der Waals surface area (Å²) in [6, 6.07) is 0. The maximum Gasteiger partial charge on any atom is 0.384 e. The minimum absolute atomic E-state index is 0.0183. The molecule has 0 aromatic rings. The lowest BCUT2D eigenvalue weighted by Gasteiger charge is -2.26. The van der Waals surface area contributed by atoms with Gasteiger partial charge in [-0.2, -0.15) is 4.39 Å². The van der Waals surface area contributed by atoms with Crippen molar-refractivity contribution >= 4 is 7.60 Å². The van der Waals surface area contributed by atoms with Gasteiger partial charge in [-0.25, -0.2) is 0 Å². The van der Waals surface area contributed by atoms with Crippen molar-refractivity contribution in [3.63, 3.8) is 0 Å². The summed E-state index contributed by atoms with van der Waals surface area (Å²) in [4.78, 5) is 17.7. The van der Waals surface area contributed by atoms with Crippen molar-refractivity contribution in [3.05, 3.63) is 11.6 Å². The van der Waals surface area contributed by atoms with Crippen LogP contribution in [-0.4, -0.2) is 46.4 Å². The van der Waals surface area contributed by atoms with E-state index in [1.807, 2.05) is 13.8 Å². The summed E-state index contributed by atoms with van der Waals surface area (Å²) in [5, 5.41) is 8.78. The molecule has 1 aliphatic heterocycles. The molecule has 8 heteroatoms. The fourth-order valence-electron chi connectivity index (χ4n) is 2.59. The summed E-state index contributed by atoms with van der Waals surface area (Å²) in [7, 11) is -4.89. The number of hydrogen-bond acceptors (Lipinski definition) is 4. The van der Waals surface area contributed by atoms with Crippen LogP contribution in [0.2, 0.25) is 0 Å². The molecular weight excluding hydrogens is 302 g/mol. The Labute approximate surface area is 124 Å². The molecule has 4 atom stereocenters. The lowest BCUT2D eigenvalue weighted by Crippen LogP contribution is -2.33. The third kappa shape index (κ3) is 5.13. The van der Waals surface area contributed by atoms with E-state index in [-0.39, 0.29) is 30.7 Å².